The van der Waals surface area contributed by atoms with Crippen molar-refractivity contribution in [3.63, 3.8) is 0 Å². The van der Waals surface area contributed by atoms with Gasteiger partial charge in [-0.1, -0.05) is 30.3 Å². The van der Waals surface area contributed by atoms with Gasteiger partial charge in [0.25, 0.3) is 0 Å². The molecule has 2 saturated heterocycles. The zero-order valence-electron chi connectivity index (χ0n) is 15.4. The van der Waals surface area contributed by atoms with Gasteiger partial charge in [0.2, 0.25) is 11.8 Å². The van der Waals surface area contributed by atoms with E-state index in [0.717, 1.165) is 4.90 Å². The number of fused-ring (bicyclic) bond motifs is 1. The number of esters is 1. The second-order valence-corrected chi connectivity index (χ2v) is 7.22. The van der Waals surface area contributed by atoms with Crippen LogP contribution in [0.2, 0.25) is 0 Å². The lowest BCUT2D eigenvalue weighted by Crippen LogP contribution is -2.54. The van der Waals surface area contributed by atoms with E-state index in [1.165, 1.54) is 19.2 Å². The van der Waals surface area contributed by atoms with Crippen LogP contribution in [0.25, 0.3) is 0 Å². The molecule has 6 nitrogen and oxygen atoms in total. The lowest BCUT2D eigenvalue weighted by molar-refractivity contribution is -0.151. The number of nitrogens with one attached hydrogen (secondary N) is 1. The van der Waals surface area contributed by atoms with Gasteiger partial charge in [-0.2, -0.15) is 0 Å². The number of ether oxygens (including phenoxy) is 1. The largest absolute Gasteiger partial charge is 0.468 e. The Morgan fingerprint density at radius 2 is 1.71 bits per heavy atom. The van der Waals surface area contributed by atoms with Gasteiger partial charge >= 0.3 is 5.97 Å². The normalized spacial score (nSPS) is 29.1. The third-order valence-electron chi connectivity index (χ3n) is 5.64. The maximum atomic E-state index is 13.4. The molecule has 0 radical (unpaired) electrons. The minimum absolute atomic E-state index is 0.393. The van der Waals surface area contributed by atoms with Crippen LogP contribution in [0.15, 0.2) is 54.6 Å². The van der Waals surface area contributed by atoms with Gasteiger partial charge in [-0.05, 0) is 36.8 Å². The van der Waals surface area contributed by atoms with Crippen LogP contribution in [0.4, 0.5) is 10.1 Å². The molecule has 2 aromatic rings. The highest BCUT2D eigenvalue weighted by Crippen LogP contribution is 2.49. The average molecular weight is 382 g/mol. The SMILES string of the molecule is COC(=O)[C@]1(C)N[C@H](c2ccc(F)cc2)[C@@H]2C(=O)N(c3ccccc3)C(=O)[C@@H]21. The number of halogens is 1. The summed E-state index contributed by atoms with van der Waals surface area (Å²) in [4.78, 5) is 40.3. The molecule has 2 amide bonds. The molecular formula is C21H19FN2O4. The average Bonchev–Trinajstić information content (AvgIpc) is 3.16. The fourth-order valence-corrected chi connectivity index (χ4v) is 4.33. The highest BCUT2D eigenvalue weighted by Gasteiger charge is 2.67. The van der Waals surface area contributed by atoms with Gasteiger partial charge in [-0.3, -0.25) is 19.7 Å². The minimum Gasteiger partial charge on any atom is -0.468 e. The van der Waals surface area contributed by atoms with Gasteiger partial charge in [0.15, 0.2) is 0 Å². The fourth-order valence-electron chi connectivity index (χ4n) is 4.33. The molecule has 2 aliphatic heterocycles. The van der Waals surface area contributed by atoms with Crippen LogP contribution >= 0.6 is 0 Å². The van der Waals surface area contributed by atoms with Crippen molar-refractivity contribution in [2.45, 2.75) is 18.5 Å². The number of carbonyl (C=O) groups is 3. The zero-order chi connectivity index (χ0) is 20.1. The van der Waals surface area contributed by atoms with Gasteiger partial charge in [-0.15, -0.1) is 0 Å². The summed E-state index contributed by atoms with van der Waals surface area (Å²) in [5, 5.41) is 3.12. The lowest BCUT2D eigenvalue weighted by atomic mass is 9.80. The molecule has 4 rings (SSSR count). The van der Waals surface area contributed by atoms with E-state index in [1.54, 1.807) is 49.4 Å². The summed E-state index contributed by atoms with van der Waals surface area (Å²) in [6, 6.07) is 13.7. The number of carbonyl (C=O) groups excluding carboxylic acids is 3. The standard InChI is InChI=1S/C21H19FN2O4/c1-21(20(27)28-2)16-15(17(23-21)12-8-10-13(22)11-9-12)18(25)24(19(16)26)14-6-4-3-5-7-14/h3-11,15-17,23H,1-2H3/t15-,16-,17-,21-/m1/s1. The highest BCUT2D eigenvalue weighted by atomic mass is 19.1. The number of hydrogen-bond acceptors (Lipinski definition) is 5. The van der Waals surface area contributed by atoms with Crippen molar-refractivity contribution in [3.8, 4) is 0 Å². The summed E-state index contributed by atoms with van der Waals surface area (Å²) >= 11 is 0. The highest BCUT2D eigenvalue weighted by molar-refractivity contribution is 6.24. The number of rotatable bonds is 3. The van der Waals surface area contributed by atoms with E-state index in [9.17, 15) is 18.8 Å². The summed E-state index contributed by atoms with van der Waals surface area (Å²) in [5.74, 6) is -3.61. The molecular weight excluding hydrogens is 363 g/mol. The van der Waals surface area contributed by atoms with Crippen molar-refractivity contribution in [1.29, 1.82) is 0 Å². The van der Waals surface area contributed by atoms with Crippen molar-refractivity contribution >= 4 is 23.5 Å². The van der Waals surface area contributed by atoms with Crippen LogP contribution in [0, 0.1) is 17.7 Å². The van der Waals surface area contributed by atoms with Gasteiger partial charge in [0.1, 0.15) is 11.4 Å². The molecule has 0 bridgehead atoms. The first kappa shape index (κ1) is 18.3. The lowest BCUT2D eigenvalue weighted by Gasteiger charge is -2.28. The van der Waals surface area contributed by atoms with Gasteiger partial charge in [0, 0.05) is 6.04 Å². The third kappa shape index (κ3) is 2.54. The van der Waals surface area contributed by atoms with E-state index >= 15 is 0 Å². The predicted molar refractivity (Wildman–Crippen MR) is 98.6 cm³/mol. The van der Waals surface area contributed by atoms with Gasteiger partial charge < -0.3 is 4.74 Å². The Kier molecular flexibility index (Phi) is 4.27. The van der Waals surface area contributed by atoms with E-state index in [4.69, 9.17) is 4.74 Å². The monoisotopic (exact) mass is 382 g/mol. The van der Waals surface area contributed by atoms with Crippen LogP contribution in [-0.4, -0.2) is 30.4 Å². The van der Waals surface area contributed by atoms with E-state index in [2.05, 4.69) is 5.32 Å². The van der Waals surface area contributed by atoms with Crippen molar-refractivity contribution in [2.24, 2.45) is 11.8 Å². The number of anilines is 1. The Balaban J connectivity index is 1.82. The minimum atomic E-state index is -1.38. The number of hydrogen-bond donors (Lipinski definition) is 1. The Morgan fingerprint density at radius 3 is 2.32 bits per heavy atom. The summed E-state index contributed by atoms with van der Waals surface area (Å²) in [7, 11) is 1.24. The maximum absolute atomic E-state index is 13.4. The molecule has 1 N–H and O–H groups in total. The van der Waals surface area contributed by atoms with Crippen molar-refractivity contribution < 1.29 is 23.5 Å². The number of nitrogens with zero attached hydrogens (tertiary/aromatic N) is 1. The van der Waals surface area contributed by atoms with Crippen molar-refractivity contribution in [2.75, 3.05) is 12.0 Å². The summed E-state index contributed by atoms with van der Waals surface area (Å²) in [6.45, 7) is 1.57. The van der Waals surface area contributed by atoms with Gasteiger partial charge in [0.05, 0.1) is 24.6 Å². The van der Waals surface area contributed by atoms with Crippen molar-refractivity contribution in [1.82, 2.24) is 5.32 Å². The molecule has 2 fully saturated rings. The zero-order valence-corrected chi connectivity index (χ0v) is 15.4. The van der Waals surface area contributed by atoms with Crippen LogP contribution < -0.4 is 10.2 Å². The van der Waals surface area contributed by atoms with E-state index in [0.29, 0.717) is 11.3 Å². The fraction of sp³-hybridized carbons (Fsp3) is 0.286. The molecule has 2 aromatic carbocycles. The first-order valence-corrected chi connectivity index (χ1v) is 8.93. The smallest absolute Gasteiger partial charge is 0.326 e. The Morgan fingerprint density at radius 1 is 1.07 bits per heavy atom. The molecule has 28 heavy (non-hydrogen) atoms. The summed E-state index contributed by atoms with van der Waals surface area (Å²) < 4.78 is 18.3. The van der Waals surface area contributed by atoms with Gasteiger partial charge in [-0.25, -0.2) is 9.29 Å². The molecule has 7 heteroatoms. The number of benzene rings is 2. The molecule has 0 saturated carbocycles. The molecule has 0 unspecified atom stereocenters. The molecule has 2 aliphatic rings. The predicted octanol–water partition coefficient (Wildman–Crippen LogP) is 2.21. The quantitative estimate of drug-likeness (QED) is 0.651. The third-order valence-corrected chi connectivity index (χ3v) is 5.64. The molecule has 0 aliphatic carbocycles. The molecule has 0 aromatic heterocycles. The molecule has 0 spiro atoms. The van der Waals surface area contributed by atoms with E-state index in [1.807, 2.05) is 0 Å². The first-order valence-electron chi connectivity index (χ1n) is 8.93. The van der Waals surface area contributed by atoms with Crippen molar-refractivity contribution in [3.05, 3.63) is 66.0 Å². The van der Waals surface area contributed by atoms with Crippen LogP contribution in [0.5, 0.6) is 0 Å². The summed E-state index contributed by atoms with van der Waals surface area (Å²) in [6.07, 6.45) is 0. The Bertz CT molecular complexity index is 947. The first-order chi connectivity index (χ1) is 13.4. The molecule has 4 atom stereocenters. The summed E-state index contributed by atoms with van der Waals surface area (Å²) in [5.41, 5.74) is -0.300. The number of para-hydroxylation sites is 1. The molecule has 144 valence electrons. The second-order valence-electron chi connectivity index (χ2n) is 7.22. The number of methoxy groups -OCH3 is 1. The second kappa shape index (κ2) is 6.53. The maximum Gasteiger partial charge on any atom is 0.326 e. The number of imide groups is 1. The van der Waals surface area contributed by atoms with Crippen LogP contribution in [0.3, 0.4) is 0 Å². The van der Waals surface area contributed by atoms with Crippen LogP contribution in [0.1, 0.15) is 18.5 Å². The number of amides is 2. The van der Waals surface area contributed by atoms with E-state index < -0.39 is 47.0 Å². The van der Waals surface area contributed by atoms with E-state index in [-0.39, 0.29) is 0 Å². The topological polar surface area (TPSA) is 75.7 Å². The molecule has 2 heterocycles. The van der Waals surface area contributed by atoms with Crippen LogP contribution in [-0.2, 0) is 19.1 Å². The Hall–Kier alpha value is -3.06. The Labute approximate surface area is 161 Å².